The van der Waals surface area contributed by atoms with E-state index in [0.717, 1.165) is 6.29 Å². The van der Waals surface area contributed by atoms with Crippen molar-refractivity contribution in [2.24, 2.45) is 5.41 Å². The lowest BCUT2D eigenvalue weighted by molar-refractivity contribution is -0.122. The molecule has 0 atom stereocenters. The van der Waals surface area contributed by atoms with Gasteiger partial charge in [0.25, 0.3) is 0 Å². The first kappa shape index (κ1) is 26.6. The molecule has 28 heavy (non-hydrogen) atoms. The van der Waals surface area contributed by atoms with Gasteiger partial charge in [-0.1, -0.05) is 13.8 Å². The topological polar surface area (TPSA) is 109 Å². The first-order chi connectivity index (χ1) is 13.5. The van der Waals surface area contributed by atoms with E-state index in [9.17, 15) is 14.4 Å². The van der Waals surface area contributed by atoms with Gasteiger partial charge in [-0.15, -0.1) is 0 Å². The predicted octanol–water partition coefficient (Wildman–Crippen LogP) is 0.390. The van der Waals surface area contributed by atoms with Gasteiger partial charge in [0.05, 0.1) is 59.5 Å². The maximum Gasteiger partial charge on any atom is 0.222 e. The molecule has 1 N–H and O–H groups in total. The van der Waals surface area contributed by atoms with Gasteiger partial charge in [-0.25, -0.2) is 0 Å². The van der Waals surface area contributed by atoms with Gasteiger partial charge in [-0.2, -0.15) is 0 Å². The summed E-state index contributed by atoms with van der Waals surface area (Å²) in [5, 5.41) is 2.76. The second kappa shape index (κ2) is 18.9. The Morgan fingerprint density at radius 3 is 2.04 bits per heavy atom. The Kier molecular flexibility index (Phi) is 18.0. The van der Waals surface area contributed by atoms with Crippen molar-refractivity contribution in [2.45, 2.75) is 26.7 Å². The first-order valence-corrected chi connectivity index (χ1v) is 9.54. The number of aldehydes is 2. The molecule has 0 saturated heterocycles. The molecule has 9 heteroatoms. The molecule has 0 spiro atoms. The van der Waals surface area contributed by atoms with Crippen molar-refractivity contribution in [1.82, 2.24) is 5.32 Å². The molecule has 9 nitrogen and oxygen atoms in total. The van der Waals surface area contributed by atoms with Gasteiger partial charge < -0.3 is 38.6 Å². The Bertz CT molecular complexity index is 403. The summed E-state index contributed by atoms with van der Waals surface area (Å²) in [6, 6.07) is 0. The molecule has 0 saturated carbocycles. The molecular formula is C19H35NO8. The zero-order valence-corrected chi connectivity index (χ0v) is 17.1. The minimum absolute atomic E-state index is 0.0826. The van der Waals surface area contributed by atoms with Gasteiger partial charge in [0, 0.05) is 24.8 Å². The SMILES string of the molecule is CC(C)(COCCC=O)COCCC(=O)NCCOCCOCCOCC=O. The third kappa shape index (κ3) is 19.4. The number of hydrogen-bond acceptors (Lipinski definition) is 8. The fourth-order valence-corrected chi connectivity index (χ4v) is 1.96. The zero-order chi connectivity index (χ0) is 20.9. The summed E-state index contributed by atoms with van der Waals surface area (Å²) in [6.07, 6.45) is 2.20. The quantitative estimate of drug-likeness (QED) is 0.216. The summed E-state index contributed by atoms with van der Waals surface area (Å²) in [7, 11) is 0. The molecule has 0 aliphatic heterocycles. The van der Waals surface area contributed by atoms with Crippen LogP contribution >= 0.6 is 0 Å². The molecule has 0 fully saturated rings. The number of amides is 1. The molecule has 1 amide bonds. The van der Waals surface area contributed by atoms with Crippen LogP contribution in [0.2, 0.25) is 0 Å². The summed E-state index contributed by atoms with van der Waals surface area (Å²) >= 11 is 0. The van der Waals surface area contributed by atoms with Gasteiger partial charge in [-0.05, 0) is 0 Å². The highest BCUT2D eigenvalue weighted by atomic mass is 16.5. The van der Waals surface area contributed by atoms with Gasteiger partial charge in [-0.3, -0.25) is 4.79 Å². The minimum atomic E-state index is -0.171. The third-order valence-electron chi connectivity index (χ3n) is 3.34. The molecule has 0 heterocycles. The van der Waals surface area contributed by atoms with Gasteiger partial charge in [0.15, 0.2) is 0 Å². The van der Waals surface area contributed by atoms with Crippen LogP contribution in [0.3, 0.4) is 0 Å². The predicted molar refractivity (Wildman–Crippen MR) is 102 cm³/mol. The highest BCUT2D eigenvalue weighted by Crippen LogP contribution is 2.16. The molecule has 164 valence electrons. The van der Waals surface area contributed by atoms with Gasteiger partial charge in [0.1, 0.15) is 19.2 Å². The number of carbonyl (C=O) groups excluding carboxylic acids is 3. The van der Waals surface area contributed by atoms with Crippen molar-refractivity contribution < 1.29 is 38.1 Å². The Hall–Kier alpha value is -1.39. The van der Waals surface area contributed by atoms with Crippen molar-refractivity contribution in [3.05, 3.63) is 0 Å². The van der Waals surface area contributed by atoms with E-state index in [1.54, 1.807) is 0 Å². The van der Waals surface area contributed by atoms with E-state index in [1.807, 2.05) is 13.8 Å². The van der Waals surface area contributed by atoms with Crippen molar-refractivity contribution in [3.63, 3.8) is 0 Å². The molecule has 0 radical (unpaired) electrons. The zero-order valence-electron chi connectivity index (χ0n) is 17.1. The van der Waals surface area contributed by atoms with Crippen LogP contribution in [-0.4, -0.2) is 91.1 Å². The van der Waals surface area contributed by atoms with Crippen LogP contribution in [-0.2, 0) is 38.1 Å². The fourth-order valence-electron chi connectivity index (χ4n) is 1.96. The van der Waals surface area contributed by atoms with E-state index in [2.05, 4.69) is 5.32 Å². The minimum Gasteiger partial charge on any atom is -0.380 e. The van der Waals surface area contributed by atoms with Crippen LogP contribution in [0.1, 0.15) is 26.7 Å². The van der Waals surface area contributed by atoms with Crippen LogP contribution in [0.5, 0.6) is 0 Å². The number of nitrogens with one attached hydrogen (secondary N) is 1. The van der Waals surface area contributed by atoms with Crippen LogP contribution < -0.4 is 5.32 Å². The van der Waals surface area contributed by atoms with E-state index >= 15 is 0 Å². The van der Waals surface area contributed by atoms with Crippen molar-refractivity contribution in [2.75, 3.05) is 72.6 Å². The third-order valence-corrected chi connectivity index (χ3v) is 3.34. The summed E-state index contributed by atoms with van der Waals surface area (Å²) in [5.41, 5.74) is -0.171. The van der Waals surface area contributed by atoms with Crippen molar-refractivity contribution in [1.29, 1.82) is 0 Å². The number of hydrogen-bond donors (Lipinski definition) is 1. The number of rotatable bonds is 21. The molecule has 0 aromatic rings. The Balaban J connectivity index is 3.41. The average molecular weight is 405 g/mol. The molecule has 0 bridgehead atoms. The Labute approximate surface area is 167 Å². The smallest absolute Gasteiger partial charge is 0.222 e. The summed E-state index contributed by atoms with van der Waals surface area (Å²) < 4.78 is 26.5. The Morgan fingerprint density at radius 1 is 0.786 bits per heavy atom. The first-order valence-electron chi connectivity index (χ1n) is 9.54. The summed E-state index contributed by atoms with van der Waals surface area (Å²) in [6.45, 7) is 8.31. The molecule has 0 aliphatic rings. The van der Waals surface area contributed by atoms with Gasteiger partial charge in [0.2, 0.25) is 5.91 Å². The molecule has 0 aromatic carbocycles. The maximum absolute atomic E-state index is 11.7. The molecular weight excluding hydrogens is 370 g/mol. The number of ether oxygens (including phenoxy) is 5. The van der Waals surface area contributed by atoms with Crippen LogP contribution in [0.25, 0.3) is 0 Å². The van der Waals surface area contributed by atoms with E-state index in [1.165, 1.54) is 0 Å². The molecule has 0 rings (SSSR count). The molecule has 0 aromatic heterocycles. The van der Waals surface area contributed by atoms with Crippen molar-refractivity contribution >= 4 is 18.5 Å². The highest BCUT2D eigenvalue weighted by molar-refractivity contribution is 5.75. The van der Waals surface area contributed by atoms with Crippen LogP contribution in [0.15, 0.2) is 0 Å². The van der Waals surface area contributed by atoms with E-state index in [0.29, 0.717) is 78.7 Å². The standard InChI is InChI=1S/C19H35NO8/c1-19(2,16-27-8-3-6-21)17-28-9-4-18(23)20-5-10-24-12-14-26-15-13-25-11-7-22/h6-7H,3-5,8-17H2,1-2H3,(H,20,23). The lowest BCUT2D eigenvalue weighted by Crippen LogP contribution is -2.30. The lowest BCUT2D eigenvalue weighted by atomic mass is 9.96. The number of carbonyl (C=O) groups is 3. The van der Waals surface area contributed by atoms with Crippen LogP contribution in [0, 0.1) is 5.41 Å². The Morgan fingerprint density at radius 2 is 1.39 bits per heavy atom. The van der Waals surface area contributed by atoms with Crippen LogP contribution in [0.4, 0.5) is 0 Å². The van der Waals surface area contributed by atoms with Crippen molar-refractivity contribution in [3.8, 4) is 0 Å². The fraction of sp³-hybridized carbons (Fsp3) is 0.842. The largest absolute Gasteiger partial charge is 0.380 e. The second-order valence-electron chi connectivity index (χ2n) is 6.79. The highest BCUT2D eigenvalue weighted by Gasteiger charge is 2.18. The summed E-state index contributed by atoms with van der Waals surface area (Å²) in [5.74, 6) is -0.0905. The normalized spacial score (nSPS) is 11.4. The van der Waals surface area contributed by atoms with E-state index < -0.39 is 0 Å². The molecule has 0 aliphatic carbocycles. The van der Waals surface area contributed by atoms with Gasteiger partial charge >= 0.3 is 0 Å². The van der Waals surface area contributed by atoms with E-state index in [4.69, 9.17) is 23.7 Å². The molecule has 0 unspecified atom stereocenters. The second-order valence-corrected chi connectivity index (χ2v) is 6.79. The lowest BCUT2D eigenvalue weighted by Gasteiger charge is -2.24. The monoisotopic (exact) mass is 405 g/mol. The maximum atomic E-state index is 11.7. The summed E-state index contributed by atoms with van der Waals surface area (Å²) in [4.78, 5) is 32.0. The average Bonchev–Trinajstić information content (AvgIpc) is 2.67. The van der Waals surface area contributed by atoms with E-state index in [-0.39, 0.29) is 24.3 Å².